The molecule has 0 aromatic heterocycles. The lowest BCUT2D eigenvalue weighted by Crippen LogP contribution is -2.47. The third-order valence-electron chi connectivity index (χ3n) is 3.98. The second-order valence-electron chi connectivity index (χ2n) is 5.26. The summed E-state index contributed by atoms with van der Waals surface area (Å²) in [7, 11) is 0. The molecule has 0 radical (unpaired) electrons. The number of nitrogens with zero attached hydrogens (tertiary/aromatic N) is 1. The van der Waals surface area contributed by atoms with Crippen LogP contribution in [0.25, 0.3) is 5.70 Å². The van der Waals surface area contributed by atoms with Crippen molar-refractivity contribution in [2.45, 2.75) is 31.7 Å². The average Bonchev–Trinajstić information content (AvgIpc) is 2.95. The van der Waals surface area contributed by atoms with Crippen LogP contribution in [0, 0.1) is 5.82 Å². The molecule has 20 heavy (non-hydrogen) atoms. The van der Waals surface area contributed by atoms with Crippen LogP contribution in [-0.2, 0) is 0 Å². The molecule has 0 saturated heterocycles. The van der Waals surface area contributed by atoms with E-state index in [2.05, 4.69) is 5.32 Å². The van der Waals surface area contributed by atoms with E-state index in [1.54, 1.807) is 0 Å². The van der Waals surface area contributed by atoms with Gasteiger partial charge >= 0.3 is 6.03 Å². The van der Waals surface area contributed by atoms with Crippen LogP contribution in [-0.4, -0.2) is 23.5 Å². The average molecular weight is 295 g/mol. The zero-order valence-electron chi connectivity index (χ0n) is 11.0. The summed E-state index contributed by atoms with van der Waals surface area (Å²) in [4.78, 5) is 14.0. The lowest BCUT2D eigenvalue weighted by molar-refractivity contribution is 0.184. The van der Waals surface area contributed by atoms with Gasteiger partial charge in [-0.15, -0.1) is 0 Å². The van der Waals surface area contributed by atoms with E-state index in [0.717, 1.165) is 12.8 Å². The van der Waals surface area contributed by atoms with Crippen LogP contribution < -0.4 is 5.32 Å². The number of carbonyl (C=O) groups is 1. The zero-order chi connectivity index (χ0) is 14.1. The van der Waals surface area contributed by atoms with Gasteiger partial charge < -0.3 is 10.2 Å². The fourth-order valence-corrected chi connectivity index (χ4v) is 3.09. The third-order valence-corrected chi connectivity index (χ3v) is 4.21. The van der Waals surface area contributed by atoms with Crippen LogP contribution >= 0.6 is 11.6 Å². The largest absolute Gasteiger partial charge is 0.322 e. The van der Waals surface area contributed by atoms with E-state index in [9.17, 15) is 9.18 Å². The van der Waals surface area contributed by atoms with E-state index in [1.807, 2.05) is 11.0 Å². The molecule has 2 aliphatic rings. The molecular weight excluding hydrogens is 279 g/mol. The summed E-state index contributed by atoms with van der Waals surface area (Å²) in [5.74, 6) is -0.379. The summed E-state index contributed by atoms with van der Waals surface area (Å²) >= 11 is 5.89. The smallest absolute Gasteiger partial charge is 0.318 e. The molecule has 1 aliphatic carbocycles. The molecule has 3 rings (SSSR count). The van der Waals surface area contributed by atoms with Gasteiger partial charge in [-0.05, 0) is 37.1 Å². The van der Waals surface area contributed by atoms with Crippen LogP contribution in [0.2, 0.25) is 5.02 Å². The molecular formula is C15H16ClFN2O. The Bertz CT molecular complexity index is 567. The Morgan fingerprint density at radius 3 is 2.75 bits per heavy atom. The molecule has 2 amide bonds. The van der Waals surface area contributed by atoms with Crippen molar-refractivity contribution in [2.24, 2.45) is 0 Å². The Balaban J connectivity index is 1.83. The van der Waals surface area contributed by atoms with Crippen molar-refractivity contribution in [3.05, 3.63) is 40.7 Å². The number of nitrogens with one attached hydrogen (secondary N) is 1. The molecule has 1 heterocycles. The predicted molar refractivity (Wildman–Crippen MR) is 76.9 cm³/mol. The molecule has 1 fully saturated rings. The van der Waals surface area contributed by atoms with E-state index in [-0.39, 0.29) is 11.8 Å². The van der Waals surface area contributed by atoms with Crippen LogP contribution in [0.3, 0.4) is 0 Å². The Morgan fingerprint density at radius 1 is 1.30 bits per heavy atom. The van der Waals surface area contributed by atoms with Crippen LogP contribution in [0.4, 0.5) is 9.18 Å². The Labute approximate surface area is 122 Å². The number of hydrogen-bond donors (Lipinski definition) is 1. The highest BCUT2D eigenvalue weighted by atomic mass is 35.5. The molecule has 3 nitrogen and oxygen atoms in total. The molecule has 1 aromatic carbocycles. The first kappa shape index (κ1) is 13.4. The quantitative estimate of drug-likeness (QED) is 0.884. The molecule has 0 spiro atoms. The zero-order valence-corrected chi connectivity index (χ0v) is 11.8. The summed E-state index contributed by atoms with van der Waals surface area (Å²) in [6.07, 6.45) is 6.32. The molecule has 0 bridgehead atoms. The monoisotopic (exact) mass is 294 g/mol. The van der Waals surface area contributed by atoms with Gasteiger partial charge in [0.2, 0.25) is 0 Å². The van der Waals surface area contributed by atoms with Gasteiger partial charge in [0.1, 0.15) is 5.82 Å². The minimum absolute atomic E-state index is 0.145. The first-order valence-electron chi connectivity index (χ1n) is 6.88. The number of rotatable bonds is 2. The van der Waals surface area contributed by atoms with Crippen molar-refractivity contribution in [1.29, 1.82) is 0 Å². The SMILES string of the molecule is O=C1NC(c2cc(Cl)ccc2F)=CCN1C1CCCC1. The van der Waals surface area contributed by atoms with Crippen LogP contribution in [0.1, 0.15) is 31.2 Å². The summed E-state index contributed by atoms with van der Waals surface area (Å²) in [6.45, 7) is 0.526. The first-order chi connectivity index (χ1) is 9.65. The highest BCUT2D eigenvalue weighted by Gasteiger charge is 2.29. The third kappa shape index (κ3) is 2.52. The van der Waals surface area contributed by atoms with Gasteiger partial charge in [-0.25, -0.2) is 9.18 Å². The fourth-order valence-electron chi connectivity index (χ4n) is 2.92. The highest BCUT2D eigenvalue weighted by molar-refractivity contribution is 6.30. The lowest BCUT2D eigenvalue weighted by atomic mass is 10.1. The van der Waals surface area contributed by atoms with Gasteiger partial charge in [0.15, 0.2) is 0 Å². The maximum atomic E-state index is 13.8. The van der Waals surface area contributed by atoms with Gasteiger partial charge in [-0.2, -0.15) is 0 Å². The predicted octanol–water partition coefficient (Wildman–Crippen LogP) is 3.79. The van der Waals surface area contributed by atoms with Gasteiger partial charge in [-0.3, -0.25) is 0 Å². The number of amides is 2. The standard InChI is InChI=1S/C15H16ClFN2O/c16-10-5-6-13(17)12(9-10)14-7-8-19(15(20)18-14)11-3-1-2-4-11/h5-7,9,11H,1-4,8H2,(H,18,20). The summed E-state index contributed by atoms with van der Waals surface area (Å²) < 4.78 is 13.8. The summed E-state index contributed by atoms with van der Waals surface area (Å²) in [5, 5.41) is 3.23. The summed E-state index contributed by atoms with van der Waals surface area (Å²) in [6, 6.07) is 4.52. The van der Waals surface area contributed by atoms with E-state index >= 15 is 0 Å². The highest BCUT2D eigenvalue weighted by Crippen LogP contribution is 2.27. The normalized spacial score (nSPS) is 20.0. The minimum atomic E-state index is -0.379. The van der Waals surface area contributed by atoms with Crippen LogP contribution in [0.15, 0.2) is 24.3 Å². The van der Waals surface area contributed by atoms with Crippen molar-refractivity contribution < 1.29 is 9.18 Å². The maximum absolute atomic E-state index is 13.8. The summed E-state index contributed by atoms with van der Waals surface area (Å²) in [5.41, 5.74) is 0.848. The number of halogens is 2. The Kier molecular flexibility index (Phi) is 3.66. The van der Waals surface area contributed by atoms with Crippen molar-refractivity contribution in [2.75, 3.05) is 6.54 Å². The van der Waals surface area contributed by atoms with E-state index in [0.29, 0.717) is 28.9 Å². The second-order valence-corrected chi connectivity index (χ2v) is 5.70. The van der Waals surface area contributed by atoms with Crippen molar-refractivity contribution in [3.8, 4) is 0 Å². The molecule has 1 N–H and O–H groups in total. The molecule has 0 unspecified atom stereocenters. The van der Waals surface area contributed by atoms with Crippen molar-refractivity contribution >= 4 is 23.3 Å². The van der Waals surface area contributed by atoms with Gasteiger partial charge in [0, 0.05) is 23.2 Å². The number of carbonyl (C=O) groups excluding carboxylic acids is 1. The van der Waals surface area contributed by atoms with E-state index < -0.39 is 0 Å². The van der Waals surface area contributed by atoms with Gasteiger partial charge in [0.25, 0.3) is 0 Å². The van der Waals surface area contributed by atoms with Gasteiger partial charge in [-0.1, -0.05) is 24.4 Å². The first-order valence-corrected chi connectivity index (χ1v) is 7.26. The lowest BCUT2D eigenvalue weighted by Gasteiger charge is -2.32. The number of urea groups is 1. The molecule has 0 atom stereocenters. The van der Waals surface area contributed by atoms with E-state index in [4.69, 9.17) is 11.6 Å². The minimum Gasteiger partial charge on any atom is -0.318 e. The molecule has 1 aliphatic heterocycles. The fraction of sp³-hybridized carbons (Fsp3) is 0.400. The maximum Gasteiger partial charge on any atom is 0.322 e. The topological polar surface area (TPSA) is 32.3 Å². The van der Waals surface area contributed by atoms with Gasteiger partial charge in [0.05, 0.1) is 5.70 Å². The van der Waals surface area contributed by atoms with E-state index in [1.165, 1.54) is 31.0 Å². The van der Waals surface area contributed by atoms with Crippen molar-refractivity contribution in [3.63, 3.8) is 0 Å². The van der Waals surface area contributed by atoms with Crippen molar-refractivity contribution in [1.82, 2.24) is 10.2 Å². The Hall–Kier alpha value is -1.55. The Morgan fingerprint density at radius 2 is 2.05 bits per heavy atom. The molecule has 1 saturated carbocycles. The molecule has 1 aromatic rings. The molecule has 5 heteroatoms. The number of benzene rings is 1. The molecule has 106 valence electrons. The second kappa shape index (κ2) is 5.44. The number of hydrogen-bond acceptors (Lipinski definition) is 1. The van der Waals surface area contributed by atoms with Crippen LogP contribution in [0.5, 0.6) is 0 Å².